The van der Waals surface area contributed by atoms with Gasteiger partial charge in [-0.05, 0) is 41.3 Å². The molecular formula is C15H13Cl2NO2. The fraction of sp³-hybridized carbons (Fsp3) is 0.133. The lowest BCUT2D eigenvalue weighted by molar-refractivity contribution is -0.138. The van der Waals surface area contributed by atoms with E-state index in [1.807, 2.05) is 36.4 Å². The van der Waals surface area contributed by atoms with Crippen molar-refractivity contribution in [3.05, 3.63) is 58.1 Å². The van der Waals surface area contributed by atoms with Crippen LogP contribution in [-0.2, 0) is 11.2 Å². The molecule has 2 aromatic carbocycles. The van der Waals surface area contributed by atoms with E-state index in [1.165, 1.54) is 0 Å². The van der Waals surface area contributed by atoms with Crippen LogP contribution in [0.1, 0.15) is 5.56 Å². The first-order valence-corrected chi connectivity index (χ1v) is 6.75. The summed E-state index contributed by atoms with van der Waals surface area (Å²) in [6.07, 6.45) is 0.298. The minimum absolute atomic E-state index is 0.298. The van der Waals surface area contributed by atoms with E-state index in [4.69, 9.17) is 34.0 Å². The molecule has 1 atom stereocenters. The number of carboxylic acid groups (broad SMARTS) is 1. The van der Waals surface area contributed by atoms with Crippen LogP contribution in [0, 0.1) is 0 Å². The number of carbonyl (C=O) groups is 1. The zero-order valence-corrected chi connectivity index (χ0v) is 12.0. The van der Waals surface area contributed by atoms with Gasteiger partial charge >= 0.3 is 5.97 Å². The van der Waals surface area contributed by atoms with Crippen molar-refractivity contribution in [1.82, 2.24) is 0 Å². The third-order valence-electron chi connectivity index (χ3n) is 2.92. The van der Waals surface area contributed by atoms with Crippen LogP contribution in [0.25, 0.3) is 11.1 Å². The summed E-state index contributed by atoms with van der Waals surface area (Å²) in [7, 11) is 0. The van der Waals surface area contributed by atoms with Gasteiger partial charge in [-0.2, -0.15) is 0 Å². The summed E-state index contributed by atoms with van der Waals surface area (Å²) in [6.45, 7) is 0. The fourth-order valence-corrected chi connectivity index (χ4v) is 2.42. The molecule has 0 spiro atoms. The summed E-state index contributed by atoms with van der Waals surface area (Å²) >= 11 is 11.9. The van der Waals surface area contributed by atoms with Crippen molar-refractivity contribution in [3.63, 3.8) is 0 Å². The summed E-state index contributed by atoms with van der Waals surface area (Å²) in [6, 6.07) is 11.9. The van der Waals surface area contributed by atoms with Gasteiger partial charge in [-0.3, -0.25) is 4.79 Å². The van der Waals surface area contributed by atoms with E-state index in [2.05, 4.69) is 0 Å². The summed E-state index contributed by atoms with van der Waals surface area (Å²) in [4.78, 5) is 10.7. The van der Waals surface area contributed by atoms with Crippen LogP contribution in [0.15, 0.2) is 42.5 Å². The SMILES string of the molecule is N[C@@H](Cc1ccc(-c2cc(Cl)cc(Cl)c2)cc1)C(=O)O. The average Bonchev–Trinajstić information content (AvgIpc) is 2.38. The molecule has 3 nitrogen and oxygen atoms in total. The molecule has 0 saturated heterocycles. The molecular weight excluding hydrogens is 297 g/mol. The Labute approximate surface area is 126 Å². The highest BCUT2D eigenvalue weighted by Gasteiger charge is 2.12. The Morgan fingerprint density at radius 2 is 1.60 bits per heavy atom. The first-order chi connectivity index (χ1) is 9.45. The largest absolute Gasteiger partial charge is 0.480 e. The Morgan fingerprint density at radius 3 is 2.10 bits per heavy atom. The fourth-order valence-electron chi connectivity index (χ4n) is 1.90. The van der Waals surface area contributed by atoms with Crippen LogP contribution in [0.5, 0.6) is 0 Å². The van der Waals surface area contributed by atoms with Crippen LogP contribution in [0.4, 0.5) is 0 Å². The zero-order valence-electron chi connectivity index (χ0n) is 10.5. The monoisotopic (exact) mass is 309 g/mol. The Morgan fingerprint density at radius 1 is 1.05 bits per heavy atom. The number of hydrogen-bond donors (Lipinski definition) is 2. The van der Waals surface area contributed by atoms with Crippen molar-refractivity contribution in [1.29, 1.82) is 0 Å². The third kappa shape index (κ3) is 3.73. The number of carboxylic acids is 1. The molecule has 0 aliphatic heterocycles. The number of hydrogen-bond acceptors (Lipinski definition) is 2. The quantitative estimate of drug-likeness (QED) is 0.906. The Bertz CT molecular complexity index is 606. The van der Waals surface area contributed by atoms with Crippen LogP contribution in [-0.4, -0.2) is 17.1 Å². The van der Waals surface area contributed by atoms with Gasteiger partial charge < -0.3 is 10.8 Å². The normalized spacial score (nSPS) is 12.2. The number of halogens is 2. The standard InChI is InChI=1S/C15H13Cl2NO2/c16-12-6-11(7-13(17)8-12)10-3-1-9(2-4-10)5-14(18)15(19)20/h1-4,6-8,14H,5,18H2,(H,19,20)/t14-/m0/s1. The van der Waals surface area contributed by atoms with Crippen LogP contribution >= 0.6 is 23.2 Å². The molecule has 0 fully saturated rings. The number of nitrogens with two attached hydrogens (primary N) is 1. The first kappa shape index (κ1) is 14.9. The lowest BCUT2D eigenvalue weighted by Gasteiger charge is -2.08. The van der Waals surface area contributed by atoms with E-state index >= 15 is 0 Å². The van der Waals surface area contributed by atoms with E-state index in [0.29, 0.717) is 16.5 Å². The van der Waals surface area contributed by atoms with Crippen molar-refractivity contribution in [2.45, 2.75) is 12.5 Å². The van der Waals surface area contributed by atoms with Gasteiger partial charge in [-0.25, -0.2) is 0 Å². The number of benzene rings is 2. The molecule has 104 valence electrons. The predicted octanol–water partition coefficient (Wildman–Crippen LogP) is 3.61. The molecule has 2 rings (SSSR count). The number of aliphatic carboxylic acids is 1. The van der Waals surface area contributed by atoms with Gasteiger partial charge in [0.15, 0.2) is 0 Å². The molecule has 5 heteroatoms. The summed E-state index contributed by atoms with van der Waals surface area (Å²) in [5, 5.41) is 9.93. The second kappa shape index (κ2) is 6.27. The predicted molar refractivity (Wildman–Crippen MR) is 81.2 cm³/mol. The second-order valence-electron chi connectivity index (χ2n) is 4.50. The molecule has 0 radical (unpaired) electrons. The molecule has 0 aromatic heterocycles. The van der Waals surface area contributed by atoms with E-state index in [-0.39, 0.29) is 0 Å². The highest BCUT2D eigenvalue weighted by Crippen LogP contribution is 2.27. The maximum atomic E-state index is 10.7. The van der Waals surface area contributed by atoms with Gasteiger partial charge in [0, 0.05) is 10.0 Å². The van der Waals surface area contributed by atoms with Gasteiger partial charge in [0.25, 0.3) is 0 Å². The maximum absolute atomic E-state index is 10.7. The van der Waals surface area contributed by atoms with Gasteiger partial charge in [0.2, 0.25) is 0 Å². The van der Waals surface area contributed by atoms with Crippen LogP contribution in [0.2, 0.25) is 10.0 Å². The Hall–Kier alpha value is -1.55. The molecule has 0 aliphatic carbocycles. The van der Waals surface area contributed by atoms with E-state index < -0.39 is 12.0 Å². The smallest absolute Gasteiger partial charge is 0.320 e. The first-order valence-electron chi connectivity index (χ1n) is 5.99. The third-order valence-corrected chi connectivity index (χ3v) is 3.36. The van der Waals surface area contributed by atoms with Crippen molar-refractivity contribution < 1.29 is 9.90 Å². The minimum atomic E-state index is -1.00. The molecule has 0 bridgehead atoms. The molecule has 20 heavy (non-hydrogen) atoms. The average molecular weight is 310 g/mol. The Balaban J connectivity index is 2.21. The van der Waals surface area contributed by atoms with E-state index in [1.54, 1.807) is 6.07 Å². The molecule has 0 heterocycles. The van der Waals surface area contributed by atoms with Crippen molar-refractivity contribution in [2.75, 3.05) is 0 Å². The maximum Gasteiger partial charge on any atom is 0.320 e. The number of rotatable bonds is 4. The lowest BCUT2D eigenvalue weighted by Crippen LogP contribution is -2.32. The van der Waals surface area contributed by atoms with Gasteiger partial charge in [0.05, 0.1) is 0 Å². The molecule has 3 N–H and O–H groups in total. The topological polar surface area (TPSA) is 63.3 Å². The molecule has 0 saturated carbocycles. The highest BCUT2D eigenvalue weighted by molar-refractivity contribution is 6.35. The zero-order chi connectivity index (χ0) is 14.7. The van der Waals surface area contributed by atoms with E-state index in [0.717, 1.165) is 16.7 Å². The highest BCUT2D eigenvalue weighted by atomic mass is 35.5. The van der Waals surface area contributed by atoms with Crippen molar-refractivity contribution in [2.24, 2.45) is 5.73 Å². The summed E-state index contributed by atoms with van der Waals surface area (Å²) in [5.74, 6) is -1.00. The van der Waals surface area contributed by atoms with Crippen LogP contribution in [0.3, 0.4) is 0 Å². The van der Waals surface area contributed by atoms with Crippen molar-refractivity contribution in [3.8, 4) is 11.1 Å². The molecule has 0 unspecified atom stereocenters. The van der Waals surface area contributed by atoms with Crippen LogP contribution < -0.4 is 5.73 Å². The molecule has 0 amide bonds. The second-order valence-corrected chi connectivity index (χ2v) is 5.38. The summed E-state index contributed by atoms with van der Waals surface area (Å²) < 4.78 is 0. The van der Waals surface area contributed by atoms with Gasteiger partial charge in [-0.1, -0.05) is 47.5 Å². The molecule has 0 aliphatic rings. The lowest BCUT2D eigenvalue weighted by atomic mass is 10.0. The van der Waals surface area contributed by atoms with Gasteiger partial charge in [0.1, 0.15) is 6.04 Å². The van der Waals surface area contributed by atoms with Gasteiger partial charge in [-0.15, -0.1) is 0 Å². The summed E-state index contributed by atoms with van der Waals surface area (Å²) in [5.41, 5.74) is 8.25. The minimum Gasteiger partial charge on any atom is -0.480 e. The van der Waals surface area contributed by atoms with Crippen molar-refractivity contribution >= 4 is 29.2 Å². The Kier molecular flexibility index (Phi) is 4.65. The molecule has 2 aromatic rings. The van der Waals surface area contributed by atoms with E-state index in [9.17, 15) is 4.79 Å².